The molecule has 0 saturated carbocycles. The Labute approximate surface area is 167 Å². The number of aromatic hydroxyl groups is 1. The number of hydrogen-bond acceptors (Lipinski definition) is 3. The molecule has 7 heteroatoms. The van der Waals surface area contributed by atoms with Gasteiger partial charge in [-0.05, 0) is 24.5 Å². The van der Waals surface area contributed by atoms with Crippen LogP contribution in [0.4, 0.5) is 0 Å². The molecule has 1 aliphatic rings. The van der Waals surface area contributed by atoms with Crippen molar-refractivity contribution in [3.63, 3.8) is 0 Å². The van der Waals surface area contributed by atoms with Gasteiger partial charge in [-0.3, -0.25) is 4.79 Å². The van der Waals surface area contributed by atoms with Crippen LogP contribution in [0.15, 0.2) is 36.4 Å². The maximum Gasteiger partial charge on any atom is 0.256 e. The summed E-state index contributed by atoms with van der Waals surface area (Å²) in [5.74, 6) is -0.891. The first kappa shape index (κ1) is 19.3. The molecule has 1 saturated heterocycles. The second-order valence-corrected chi connectivity index (χ2v) is 7.51. The van der Waals surface area contributed by atoms with E-state index in [1.165, 1.54) is 6.07 Å². The van der Waals surface area contributed by atoms with Crippen LogP contribution in [0.2, 0.25) is 15.1 Å². The second-order valence-electron chi connectivity index (χ2n) is 6.32. The summed E-state index contributed by atoms with van der Waals surface area (Å²) in [7, 11) is 0. The van der Waals surface area contributed by atoms with Crippen LogP contribution in [0, 0.1) is 0 Å². The van der Waals surface area contributed by atoms with Crippen LogP contribution in [-0.4, -0.2) is 30.8 Å². The van der Waals surface area contributed by atoms with Gasteiger partial charge in [-0.25, -0.2) is 0 Å². The summed E-state index contributed by atoms with van der Waals surface area (Å²) in [6.07, 6.45) is 1.57. The molecule has 0 radical (unpaired) electrons. The summed E-state index contributed by atoms with van der Waals surface area (Å²) in [6, 6.07) is 11.3. The van der Waals surface area contributed by atoms with E-state index in [1.54, 1.807) is 0 Å². The Kier molecular flexibility index (Phi) is 5.98. The normalized spacial score (nSPS) is 16.3. The molecular formula is C19H18Cl3NO3. The molecular weight excluding hydrogens is 397 g/mol. The fraction of sp³-hybridized carbons (Fsp3) is 0.316. The Morgan fingerprint density at radius 3 is 2.42 bits per heavy atom. The molecule has 1 amide bonds. The number of carbonyl (C=O) groups is 1. The zero-order valence-electron chi connectivity index (χ0n) is 13.9. The van der Waals surface area contributed by atoms with E-state index in [0.717, 1.165) is 18.4 Å². The van der Waals surface area contributed by atoms with Crippen molar-refractivity contribution < 1.29 is 14.6 Å². The van der Waals surface area contributed by atoms with Gasteiger partial charge in [0.2, 0.25) is 0 Å². The van der Waals surface area contributed by atoms with Gasteiger partial charge in [-0.15, -0.1) is 0 Å². The molecule has 0 bridgehead atoms. The molecule has 138 valence electrons. The first-order valence-electron chi connectivity index (χ1n) is 8.22. The Hall–Kier alpha value is -1.46. The minimum absolute atomic E-state index is 0.0200. The molecule has 0 spiro atoms. The molecule has 2 N–H and O–H groups in total. The van der Waals surface area contributed by atoms with E-state index in [-0.39, 0.29) is 31.8 Å². The van der Waals surface area contributed by atoms with Crippen molar-refractivity contribution in [3.8, 4) is 5.75 Å². The van der Waals surface area contributed by atoms with Gasteiger partial charge in [0.1, 0.15) is 11.3 Å². The quantitative estimate of drug-likeness (QED) is 0.704. The van der Waals surface area contributed by atoms with Crippen LogP contribution in [0.3, 0.4) is 0 Å². The highest BCUT2D eigenvalue weighted by molar-refractivity contribution is 6.45. The average molecular weight is 415 g/mol. The Bertz CT molecular complexity index is 779. The molecule has 1 fully saturated rings. The molecule has 0 aromatic heterocycles. The second kappa shape index (κ2) is 8.05. The highest BCUT2D eigenvalue weighted by Gasteiger charge is 2.35. The van der Waals surface area contributed by atoms with Crippen molar-refractivity contribution in [1.82, 2.24) is 5.32 Å². The minimum atomic E-state index is -0.515. The molecule has 3 rings (SSSR count). The predicted octanol–water partition coefficient (Wildman–Crippen LogP) is 4.83. The topological polar surface area (TPSA) is 58.6 Å². The summed E-state index contributed by atoms with van der Waals surface area (Å²) in [5, 5.41) is 13.1. The van der Waals surface area contributed by atoms with Gasteiger partial charge in [-0.2, -0.15) is 0 Å². The molecule has 26 heavy (non-hydrogen) atoms. The molecule has 1 heterocycles. The number of carbonyl (C=O) groups excluding carboxylic acids is 1. The van der Waals surface area contributed by atoms with Crippen LogP contribution in [0.5, 0.6) is 5.75 Å². The number of nitrogens with one attached hydrogen (secondary N) is 1. The number of benzene rings is 2. The third-order valence-corrected chi connectivity index (χ3v) is 5.87. The third kappa shape index (κ3) is 3.79. The molecule has 0 atom stereocenters. The lowest BCUT2D eigenvalue weighted by atomic mass is 9.74. The Balaban J connectivity index is 1.86. The van der Waals surface area contributed by atoms with Crippen molar-refractivity contribution in [2.24, 2.45) is 0 Å². The first-order chi connectivity index (χ1) is 12.4. The number of phenols is 1. The summed E-state index contributed by atoms with van der Waals surface area (Å²) in [6.45, 7) is 1.64. The van der Waals surface area contributed by atoms with Crippen molar-refractivity contribution >= 4 is 40.7 Å². The zero-order valence-corrected chi connectivity index (χ0v) is 16.2. The Morgan fingerprint density at radius 2 is 1.77 bits per heavy atom. The van der Waals surface area contributed by atoms with E-state index in [0.29, 0.717) is 19.8 Å². The SMILES string of the molecule is O=C(NCC1(c2ccccc2)CCOCC1)c1c(O)c(Cl)cc(Cl)c1Cl. The van der Waals surface area contributed by atoms with E-state index in [9.17, 15) is 9.90 Å². The van der Waals surface area contributed by atoms with Crippen LogP contribution >= 0.6 is 34.8 Å². The standard InChI is InChI=1S/C19H18Cl3NO3/c20-13-10-14(21)17(24)15(16(13)22)18(25)23-11-19(6-8-26-9-7-19)12-4-2-1-3-5-12/h1-5,10,24H,6-9,11H2,(H,23,25). The van der Waals surface area contributed by atoms with Crippen LogP contribution < -0.4 is 5.32 Å². The van der Waals surface area contributed by atoms with Crippen molar-refractivity contribution in [3.05, 3.63) is 62.6 Å². The van der Waals surface area contributed by atoms with Crippen LogP contribution in [-0.2, 0) is 10.2 Å². The maximum atomic E-state index is 12.7. The smallest absolute Gasteiger partial charge is 0.256 e. The van der Waals surface area contributed by atoms with Gasteiger partial charge >= 0.3 is 0 Å². The minimum Gasteiger partial charge on any atom is -0.505 e. The molecule has 0 aliphatic carbocycles. The van der Waals surface area contributed by atoms with Crippen molar-refractivity contribution in [2.45, 2.75) is 18.3 Å². The molecule has 2 aromatic rings. The molecule has 2 aromatic carbocycles. The maximum absolute atomic E-state index is 12.7. The lowest BCUT2D eigenvalue weighted by Crippen LogP contribution is -2.44. The molecule has 4 nitrogen and oxygen atoms in total. The fourth-order valence-electron chi connectivity index (χ4n) is 3.25. The van der Waals surface area contributed by atoms with Crippen LogP contribution in [0.1, 0.15) is 28.8 Å². The lowest BCUT2D eigenvalue weighted by molar-refractivity contribution is 0.0487. The van der Waals surface area contributed by atoms with Crippen LogP contribution in [0.25, 0.3) is 0 Å². The molecule has 1 aliphatic heterocycles. The van der Waals surface area contributed by atoms with E-state index in [4.69, 9.17) is 39.5 Å². The van der Waals surface area contributed by atoms with Gasteiger partial charge < -0.3 is 15.2 Å². The Morgan fingerprint density at radius 1 is 1.12 bits per heavy atom. The summed E-state index contributed by atoms with van der Waals surface area (Å²) in [4.78, 5) is 12.7. The number of phenolic OH excluding ortho intramolecular Hbond substituents is 1. The number of hydrogen-bond donors (Lipinski definition) is 2. The highest BCUT2D eigenvalue weighted by atomic mass is 35.5. The van der Waals surface area contributed by atoms with E-state index < -0.39 is 5.91 Å². The number of rotatable bonds is 4. The summed E-state index contributed by atoms with van der Waals surface area (Å²) >= 11 is 18.0. The summed E-state index contributed by atoms with van der Waals surface area (Å²) in [5.41, 5.74) is 0.794. The fourth-order valence-corrected chi connectivity index (χ4v) is 3.95. The number of ether oxygens (including phenoxy) is 1. The van der Waals surface area contributed by atoms with Gasteiger partial charge in [0.15, 0.2) is 0 Å². The van der Waals surface area contributed by atoms with Gasteiger partial charge in [-0.1, -0.05) is 65.1 Å². The first-order valence-corrected chi connectivity index (χ1v) is 9.36. The lowest BCUT2D eigenvalue weighted by Gasteiger charge is -2.38. The van der Waals surface area contributed by atoms with Crippen molar-refractivity contribution in [1.29, 1.82) is 0 Å². The average Bonchev–Trinajstić information content (AvgIpc) is 2.66. The third-order valence-electron chi connectivity index (χ3n) is 4.80. The van der Waals surface area contributed by atoms with E-state index >= 15 is 0 Å². The monoisotopic (exact) mass is 413 g/mol. The molecule has 0 unspecified atom stereocenters. The number of halogens is 3. The zero-order chi connectivity index (χ0) is 18.7. The summed E-state index contributed by atoms with van der Waals surface area (Å²) < 4.78 is 5.50. The predicted molar refractivity (Wildman–Crippen MR) is 104 cm³/mol. The van der Waals surface area contributed by atoms with Gasteiger partial charge in [0.25, 0.3) is 5.91 Å². The largest absolute Gasteiger partial charge is 0.505 e. The van der Waals surface area contributed by atoms with Gasteiger partial charge in [0, 0.05) is 25.2 Å². The van der Waals surface area contributed by atoms with E-state index in [2.05, 4.69) is 17.4 Å². The van der Waals surface area contributed by atoms with Crippen molar-refractivity contribution in [2.75, 3.05) is 19.8 Å². The number of amides is 1. The van der Waals surface area contributed by atoms with E-state index in [1.807, 2.05) is 18.2 Å². The van der Waals surface area contributed by atoms with Gasteiger partial charge in [0.05, 0.1) is 15.1 Å². The highest BCUT2D eigenvalue weighted by Crippen LogP contribution is 2.39.